The first-order chi connectivity index (χ1) is 11.2. The molecule has 0 radical (unpaired) electrons. The van der Waals surface area contributed by atoms with Gasteiger partial charge in [-0.05, 0) is 24.1 Å². The average Bonchev–Trinajstić information content (AvgIpc) is 3.11. The highest BCUT2D eigenvalue weighted by molar-refractivity contribution is 5.98. The molecule has 1 aliphatic heterocycles. The zero-order chi connectivity index (χ0) is 16.2. The van der Waals surface area contributed by atoms with Crippen molar-refractivity contribution >= 4 is 5.91 Å². The monoisotopic (exact) mass is 311 g/mol. The molecule has 0 saturated carbocycles. The van der Waals surface area contributed by atoms with E-state index >= 15 is 0 Å². The number of benzene rings is 2. The number of ether oxygens (including phenoxy) is 2. The van der Waals surface area contributed by atoms with Gasteiger partial charge in [-0.2, -0.15) is 0 Å². The van der Waals surface area contributed by atoms with Crippen molar-refractivity contribution in [3.05, 3.63) is 59.7 Å². The topological polar surface area (TPSA) is 38.8 Å². The van der Waals surface area contributed by atoms with Gasteiger partial charge in [0.05, 0.1) is 19.8 Å². The fourth-order valence-electron chi connectivity index (χ4n) is 3.17. The number of hydrogen-bond acceptors (Lipinski definition) is 3. The Bertz CT molecular complexity index is 684. The van der Waals surface area contributed by atoms with E-state index in [4.69, 9.17) is 9.47 Å². The molecular weight excluding hydrogens is 290 g/mol. The second-order valence-corrected chi connectivity index (χ2v) is 5.69. The van der Waals surface area contributed by atoms with E-state index < -0.39 is 0 Å². The van der Waals surface area contributed by atoms with Gasteiger partial charge in [-0.1, -0.05) is 36.4 Å². The van der Waals surface area contributed by atoms with E-state index in [2.05, 4.69) is 12.1 Å². The predicted octanol–water partition coefficient (Wildman–Crippen LogP) is 3.33. The van der Waals surface area contributed by atoms with Crippen LogP contribution in [-0.2, 0) is 0 Å². The largest absolute Gasteiger partial charge is 0.493 e. The minimum Gasteiger partial charge on any atom is -0.493 e. The van der Waals surface area contributed by atoms with Crippen molar-refractivity contribution in [1.82, 2.24) is 4.90 Å². The van der Waals surface area contributed by atoms with Crippen molar-refractivity contribution in [3.63, 3.8) is 0 Å². The molecule has 1 heterocycles. The van der Waals surface area contributed by atoms with Crippen molar-refractivity contribution in [3.8, 4) is 11.5 Å². The first kappa shape index (κ1) is 15.4. The van der Waals surface area contributed by atoms with E-state index in [1.54, 1.807) is 26.4 Å². The lowest BCUT2D eigenvalue weighted by molar-refractivity contribution is 0.0786. The first-order valence-electron chi connectivity index (χ1n) is 7.79. The maximum Gasteiger partial charge on any atom is 0.257 e. The van der Waals surface area contributed by atoms with E-state index in [0.29, 0.717) is 23.0 Å². The summed E-state index contributed by atoms with van der Waals surface area (Å²) in [5, 5.41) is 0. The molecule has 23 heavy (non-hydrogen) atoms. The predicted molar refractivity (Wildman–Crippen MR) is 89.2 cm³/mol. The number of hydrogen-bond donors (Lipinski definition) is 0. The molecule has 0 spiro atoms. The molecule has 0 aromatic heterocycles. The van der Waals surface area contributed by atoms with E-state index in [9.17, 15) is 4.79 Å². The van der Waals surface area contributed by atoms with Crippen LogP contribution in [0.25, 0.3) is 0 Å². The molecule has 0 N–H and O–H groups in total. The van der Waals surface area contributed by atoms with Gasteiger partial charge >= 0.3 is 0 Å². The van der Waals surface area contributed by atoms with E-state index in [-0.39, 0.29) is 5.91 Å². The molecular formula is C19H21NO3. The number of amides is 1. The van der Waals surface area contributed by atoms with E-state index in [0.717, 1.165) is 19.5 Å². The Balaban J connectivity index is 1.80. The lowest BCUT2D eigenvalue weighted by Gasteiger charge is -2.19. The van der Waals surface area contributed by atoms with Gasteiger partial charge in [0, 0.05) is 19.0 Å². The SMILES string of the molecule is COc1cccc(C(=O)N2CC[C@H](c3ccccc3)C2)c1OC. The highest BCUT2D eigenvalue weighted by Gasteiger charge is 2.29. The van der Waals surface area contributed by atoms with Crippen molar-refractivity contribution in [2.45, 2.75) is 12.3 Å². The van der Waals surface area contributed by atoms with Gasteiger partial charge in [-0.15, -0.1) is 0 Å². The van der Waals surface area contributed by atoms with Gasteiger partial charge < -0.3 is 14.4 Å². The molecule has 4 heteroatoms. The smallest absolute Gasteiger partial charge is 0.257 e. The van der Waals surface area contributed by atoms with E-state index in [1.165, 1.54) is 5.56 Å². The third-order valence-electron chi connectivity index (χ3n) is 4.38. The summed E-state index contributed by atoms with van der Waals surface area (Å²) in [5.74, 6) is 1.48. The summed E-state index contributed by atoms with van der Waals surface area (Å²) in [6.45, 7) is 1.50. The maximum absolute atomic E-state index is 12.9. The van der Waals surface area contributed by atoms with Crippen LogP contribution in [-0.4, -0.2) is 38.1 Å². The highest BCUT2D eigenvalue weighted by atomic mass is 16.5. The molecule has 1 amide bonds. The normalized spacial score (nSPS) is 17.1. The summed E-state index contributed by atoms with van der Waals surface area (Å²) in [4.78, 5) is 14.8. The number of carbonyl (C=O) groups excluding carboxylic acids is 1. The Hall–Kier alpha value is -2.49. The molecule has 0 bridgehead atoms. The number of nitrogens with zero attached hydrogens (tertiary/aromatic N) is 1. The second-order valence-electron chi connectivity index (χ2n) is 5.69. The van der Waals surface area contributed by atoms with Crippen LogP contribution < -0.4 is 9.47 Å². The van der Waals surface area contributed by atoms with Gasteiger partial charge in [-0.25, -0.2) is 0 Å². The van der Waals surface area contributed by atoms with Crippen LogP contribution in [0.15, 0.2) is 48.5 Å². The quantitative estimate of drug-likeness (QED) is 0.869. The third-order valence-corrected chi connectivity index (χ3v) is 4.38. The zero-order valence-corrected chi connectivity index (χ0v) is 13.5. The maximum atomic E-state index is 12.9. The summed E-state index contributed by atoms with van der Waals surface area (Å²) >= 11 is 0. The number of para-hydroxylation sites is 1. The number of likely N-dealkylation sites (tertiary alicyclic amines) is 1. The molecule has 0 unspecified atom stereocenters. The van der Waals surface area contributed by atoms with Gasteiger partial charge in [-0.3, -0.25) is 4.79 Å². The molecule has 0 aliphatic carbocycles. The summed E-state index contributed by atoms with van der Waals surface area (Å²) in [5.41, 5.74) is 1.85. The fraction of sp³-hybridized carbons (Fsp3) is 0.316. The molecule has 1 aliphatic rings. The Morgan fingerprint density at radius 3 is 2.52 bits per heavy atom. The Morgan fingerprint density at radius 2 is 1.83 bits per heavy atom. The summed E-state index contributed by atoms with van der Waals surface area (Å²) in [6, 6.07) is 15.8. The van der Waals surface area contributed by atoms with Gasteiger partial charge in [0.15, 0.2) is 11.5 Å². The van der Waals surface area contributed by atoms with Crippen LogP contribution in [0.1, 0.15) is 28.3 Å². The van der Waals surface area contributed by atoms with Crippen molar-refractivity contribution in [1.29, 1.82) is 0 Å². The summed E-state index contributed by atoms with van der Waals surface area (Å²) in [6.07, 6.45) is 0.988. The van der Waals surface area contributed by atoms with Crippen molar-refractivity contribution in [2.75, 3.05) is 27.3 Å². The molecule has 2 aromatic rings. The van der Waals surface area contributed by atoms with Crippen molar-refractivity contribution in [2.24, 2.45) is 0 Å². The zero-order valence-electron chi connectivity index (χ0n) is 13.5. The van der Waals surface area contributed by atoms with Crippen LogP contribution >= 0.6 is 0 Å². The summed E-state index contributed by atoms with van der Waals surface area (Å²) in [7, 11) is 3.14. The van der Waals surface area contributed by atoms with Crippen molar-refractivity contribution < 1.29 is 14.3 Å². The summed E-state index contributed by atoms with van der Waals surface area (Å²) < 4.78 is 10.7. The van der Waals surface area contributed by atoms with E-state index in [1.807, 2.05) is 29.2 Å². The molecule has 120 valence electrons. The standard InChI is InChI=1S/C19H21NO3/c1-22-17-10-6-9-16(18(17)23-2)19(21)20-12-11-15(13-20)14-7-4-3-5-8-14/h3-10,15H,11-13H2,1-2H3/t15-/m0/s1. The number of methoxy groups -OCH3 is 2. The van der Waals surface area contributed by atoms with Gasteiger partial charge in [0.2, 0.25) is 0 Å². The van der Waals surface area contributed by atoms with Crippen LogP contribution in [0.2, 0.25) is 0 Å². The first-order valence-corrected chi connectivity index (χ1v) is 7.79. The lowest BCUT2D eigenvalue weighted by Crippen LogP contribution is -2.28. The van der Waals surface area contributed by atoms with Gasteiger partial charge in [0.1, 0.15) is 0 Å². The Kier molecular flexibility index (Phi) is 4.51. The molecule has 1 saturated heterocycles. The minimum absolute atomic E-state index is 0.000758. The van der Waals surface area contributed by atoms with Crippen LogP contribution in [0, 0.1) is 0 Å². The second kappa shape index (κ2) is 6.73. The molecule has 1 atom stereocenters. The highest BCUT2D eigenvalue weighted by Crippen LogP contribution is 2.34. The third kappa shape index (κ3) is 3.02. The van der Waals surface area contributed by atoms with Crippen LogP contribution in [0.4, 0.5) is 0 Å². The Morgan fingerprint density at radius 1 is 1.04 bits per heavy atom. The molecule has 3 rings (SSSR count). The van der Waals surface area contributed by atoms with Gasteiger partial charge in [0.25, 0.3) is 5.91 Å². The Labute approximate surface area is 136 Å². The average molecular weight is 311 g/mol. The number of carbonyl (C=O) groups is 1. The molecule has 1 fully saturated rings. The number of rotatable bonds is 4. The van der Waals surface area contributed by atoms with Crippen LogP contribution in [0.3, 0.4) is 0 Å². The van der Waals surface area contributed by atoms with Crippen LogP contribution in [0.5, 0.6) is 11.5 Å². The minimum atomic E-state index is -0.000758. The fourth-order valence-corrected chi connectivity index (χ4v) is 3.17. The lowest BCUT2D eigenvalue weighted by atomic mass is 9.99. The molecule has 2 aromatic carbocycles. The molecule has 4 nitrogen and oxygen atoms in total.